The number of H-pyrrole nitrogens is 1. The van der Waals surface area contributed by atoms with Gasteiger partial charge in [0, 0.05) is 18.5 Å². The van der Waals surface area contributed by atoms with Crippen molar-refractivity contribution in [3.63, 3.8) is 0 Å². The number of aromatic nitrogens is 2. The molecule has 0 aliphatic carbocycles. The van der Waals surface area contributed by atoms with Gasteiger partial charge in [0.05, 0.1) is 31.2 Å². The van der Waals surface area contributed by atoms with Crippen LogP contribution in [0.3, 0.4) is 0 Å². The quantitative estimate of drug-likeness (QED) is 0.335. The number of carbonyl (C=O) groups is 2. The lowest BCUT2D eigenvalue weighted by Crippen LogP contribution is -2.37. The number of nitrogens with one attached hydrogen (secondary N) is 1. The molecule has 34 heavy (non-hydrogen) atoms. The van der Waals surface area contributed by atoms with E-state index in [-0.39, 0.29) is 5.57 Å². The molecule has 8 nitrogen and oxygen atoms in total. The van der Waals surface area contributed by atoms with Crippen LogP contribution in [0.2, 0.25) is 0 Å². The van der Waals surface area contributed by atoms with Gasteiger partial charge in [-0.25, -0.2) is 4.57 Å². The summed E-state index contributed by atoms with van der Waals surface area (Å²) in [6.07, 6.45) is 7.00. The number of ether oxygens (including phenoxy) is 2. The lowest BCUT2D eigenvalue weighted by molar-refractivity contribution is -0.695. The summed E-state index contributed by atoms with van der Waals surface area (Å²) in [7, 11) is 1.54. The predicted octanol–water partition coefficient (Wildman–Crippen LogP) is 2.63. The smallest absolute Gasteiger partial charge is 0.241 e. The van der Waals surface area contributed by atoms with E-state index in [1.165, 1.54) is 23.3 Å². The fourth-order valence-electron chi connectivity index (χ4n) is 4.06. The second-order valence-electron chi connectivity index (χ2n) is 7.91. The highest BCUT2D eigenvalue weighted by molar-refractivity contribution is 7.12. The van der Waals surface area contributed by atoms with Crippen LogP contribution in [-0.4, -0.2) is 41.8 Å². The van der Waals surface area contributed by atoms with Gasteiger partial charge >= 0.3 is 0 Å². The van der Waals surface area contributed by atoms with Crippen LogP contribution in [-0.2, 0) is 11.3 Å². The Morgan fingerprint density at radius 3 is 2.82 bits per heavy atom. The Labute approximate surface area is 202 Å². The van der Waals surface area contributed by atoms with E-state index in [9.17, 15) is 14.7 Å². The fraction of sp³-hybridized carbons (Fsp3) is 0.320. The van der Waals surface area contributed by atoms with E-state index < -0.39 is 23.5 Å². The van der Waals surface area contributed by atoms with Crippen molar-refractivity contribution in [2.45, 2.75) is 32.4 Å². The molecule has 178 valence electrons. The standard InChI is InChI=1S/C25H27N3O5S/c1-3-13-33-18-8-7-17(15-19(18)32-2)22-21(23(29)20-6-4-14-34-20)24(30)25(31)28(22)11-5-10-27-12-9-26-16-27/h4,6-9,12,14-16,22H,3,5,10-11,13H2,1-2H3,(H,29,30). The molecule has 1 aliphatic rings. The number of Topliss-reactive ketones (excluding diaryl/α,β-unsaturated/α-hetero) is 1. The van der Waals surface area contributed by atoms with E-state index in [4.69, 9.17) is 9.47 Å². The van der Waals surface area contributed by atoms with Crippen LogP contribution in [0.15, 0.2) is 65.8 Å². The van der Waals surface area contributed by atoms with Gasteiger partial charge in [0.2, 0.25) is 18.0 Å². The van der Waals surface area contributed by atoms with Crippen molar-refractivity contribution in [1.29, 1.82) is 0 Å². The molecule has 9 heteroatoms. The summed E-state index contributed by atoms with van der Waals surface area (Å²) in [6.45, 7) is 3.53. The normalized spacial score (nSPS) is 15.8. The number of imidazole rings is 1. The first-order valence-electron chi connectivity index (χ1n) is 11.2. The largest absolute Gasteiger partial charge is 0.868 e. The fourth-order valence-corrected chi connectivity index (χ4v) is 4.73. The van der Waals surface area contributed by atoms with Crippen LogP contribution < -0.4 is 19.1 Å². The number of aryl methyl sites for hydroxylation is 1. The molecule has 3 heterocycles. The SMILES string of the molecule is CCCOc1ccc(C2C(C(=O)c3cccs3)=C([O-])C(=O)N2CCC[n+]2cc[nH]c2)cc1OC. The summed E-state index contributed by atoms with van der Waals surface area (Å²) in [6, 6.07) is 7.93. The van der Waals surface area contributed by atoms with Gasteiger partial charge < -0.3 is 19.5 Å². The molecule has 0 saturated carbocycles. The Bertz CT molecular complexity index is 1170. The van der Waals surface area contributed by atoms with E-state index in [1.807, 2.05) is 30.2 Å². The third kappa shape index (κ3) is 4.70. The number of hydrogen-bond donors (Lipinski definition) is 1. The number of methoxy groups -OCH3 is 1. The molecular weight excluding hydrogens is 454 g/mol. The zero-order valence-electron chi connectivity index (χ0n) is 19.2. The minimum atomic E-state index is -0.792. The number of nitrogens with zero attached hydrogens (tertiary/aromatic N) is 2. The maximum Gasteiger partial charge on any atom is 0.241 e. The van der Waals surface area contributed by atoms with Crippen LogP contribution in [0.5, 0.6) is 11.5 Å². The average molecular weight is 482 g/mol. The number of benzene rings is 1. The summed E-state index contributed by atoms with van der Waals surface area (Å²) < 4.78 is 13.2. The summed E-state index contributed by atoms with van der Waals surface area (Å²) in [5.41, 5.74) is 0.611. The van der Waals surface area contributed by atoms with Crippen LogP contribution >= 0.6 is 11.3 Å². The van der Waals surface area contributed by atoms with Gasteiger partial charge in [-0.05, 0) is 41.3 Å². The molecule has 4 rings (SSSR count). The third-order valence-corrected chi connectivity index (χ3v) is 6.53. The highest BCUT2D eigenvalue weighted by Crippen LogP contribution is 2.41. The van der Waals surface area contributed by atoms with Crippen molar-refractivity contribution in [1.82, 2.24) is 9.88 Å². The Morgan fingerprint density at radius 1 is 1.29 bits per heavy atom. The zero-order valence-corrected chi connectivity index (χ0v) is 20.0. The molecule has 0 bridgehead atoms. The summed E-state index contributed by atoms with van der Waals surface area (Å²) in [5, 5.41) is 14.9. The lowest BCUT2D eigenvalue weighted by Gasteiger charge is -2.28. The Morgan fingerprint density at radius 2 is 2.15 bits per heavy atom. The summed E-state index contributed by atoms with van der Waals surface area (Å²) in [4.78, 5) is 31.3. The molecule has 1 aliphatic heterocycles. The van der Waals surface area contributed by atoms with Crippen molar-refractivity contribution < 1.29 is 28.7 Å². The van der Waals surface area contributed by atoms with E-state index >= 15 is 0 Å². The van der Waals surface area contributed by atoms with Crippen molar-refractivity contribution in [3.8, 4) is 11.5 Å². The Balaban J connectivity index is 1.69. The van der Waals surface area contributed by atoms with Gasteiger partial charge in [-0.2, -0.15) is 0 Å². The molecule has 1 N–H and O–H groups in total. The van der Waals surface area contributed by atoms with E-state index in [0.29, 0.717) is 48.1 Å². The molecule has 0 spiro atoms. The second kappa shape index (κ2) is 10.6. The van der Waals surface area contributed by atoms with E-state index in [0.717, 1.165) is 6.42 Å². The van der Waals surface area contributed by atoms with Gasteiger partial charge in [-0.3, -0.25) is 14.6 Å². The maximum atomic E-state index is 13.3. The molecule has 1 aromatic carbocycles. The lowest BCUT2D eigenvalue weighted by atomic mass is 9.95. The van der Waals surface area contributed by atoms with E-state index in [1.54, 1.807) is 35.7 Å². The molecule has 0 fully saturated rings. The molecule has 2 aromatic heterocycles. The van der Waals surface area contributed by atoms with Crippen LogP contribution in [0.1, 0.15) is 41.0 Å². The molecule has 1 unspecified atom stereocenters. The monoisotopic (exact) mass is 481 g/mol. The average Bonchev–Trinajstić information content (AvgIpc) is 3.61. The van der Waals surface area contributed by atoms with Gasteiger partial charge in [0.1, 0.15) is 12.4 Å². The van der Waals surface area contributed by atoms with Crippen LogP contribution in [0, 0.1) is 0 Å². The third-order valence-electron chi connectivity index (χ3n) is 5.66. The van der Waals surface area contributed by atoms with Gasteiger partial charge in [0.15, 0.2) is 11.5 Å². The van der Waals surface area contributed by atoms with Crippen LogP contribution in [0.25, 0.3) is 0 Å². The van der Waals surface area contributed by atoms with Crippen molar-refractivity contribution in [2.75, 3.05) is 20.3 Å². The number of rotatable bonds is 11. The highest BCUT2D eigenvalue weighted by Gasteiger charge is 2.40. The predicted molar refractivity (Wildman–Crippen MR) is 125 cm³/mol. The molecule has 0 radical (unpaired) electrons. The molecule has 1 atom stereocenters. The zero-order chi connectivity index (χ0) is 24.1. The topological polar surface area (TPSA) is 98.6 Å². The van der Waals surface area contributed by atoms with Crippen molar-refractivity contribution in [2.24, 2.45) is 0 Å². The minimum Gasteiger partial charge on any atom is -0.868 e. The minimum absolute atomic E-state index is 0.0222. The van der Waals surface area contributed by atoms with E-state index in [2.05, 4.69) is 4.98 Å². The number of aromatic amines is 1. The first-order chi connectivity index (χ1) is 16.5. The number of ketones is 1. The van der Waals surface area contributed by atoms with Gasteiger partial charge in [0.25, 0.3) is 0 Å². The number of thiophene rings is 1. The molecule has 0 saturated heterocycles. The molecule has 3 aromatic rings. The van der Waals surface area contributed by atoms with Crippen LogP contribution in [0.4, 0.5) is 0 Å². The Kier molecular flexibility index (Phi) is 7.32. The number of hydrogen-bond acceptors (Lipinski definition) is 6. The van der Waals surface area contributed by atoms with Crippen molar-refractivity contribution >= 4 is 23.0 Å². The first kappa shape index (κ1) is 23.6. The van der Waals surface area contributed by atoms with Gasteiger partial charge in [-0.15, -0.1) is 11.3 Å². The Hall–Kier alpha value is -3.59. The summed E-state index contributed by atoms with van der Waals surface area (Å²) in [5.74, 6) is -0.753. The maximum absolute atomic E-state index is 13.3. The highest BCUT2D eigenvalue weighted by atomic mass is 32.1. The number of amides is 1. The molecule has 1 amide bonds. The van der Waals surface area contributed by atoms with Crippen molar-refractivity contribution in [3.05, 3.63) is 76.2 Å². The molecular formula is C25H27N3O5S. The summed E-state index contributed by atoms with van der Waals surface area (Å²) >= 11 is 1.25. The first-order valence-corrected chi connectivity index (χ1v) is 12.1. The number of carbonyl (C=O) groups excluding carboxylic acids is 2. The van der Waals surface area contributed by atoms with Gasteiger partial charge in [-0.1, -0.05) is 19.1 Å². The second-order valence-corrected chi connectivity index (χ2v) is 8.86.